The van der Waals surface area contributed by atoms with Gasteiger partial charge in [-0.25, -0.2) is 9.37 Å². The van der Waals surface area contributed by atoms with Gasteiger partial charge in [-0.3, -0.25) is 4.99 Å². The number of thioether (sulfide) groups is 1. The minimum absolute atomic E-state index is 0. The van der Waals surface area contributed by atoms with Gasteiger partial charge in [-0.05, 0) is 50.3 Å². The first-order valence-electron chi connectivity index (χ1n) is 8.34. The number of benzene rings is 1. The largest absolute Gasteiger partial charge is 0.356 e. The lowest BCUT2D eigenvalue weighted by Gasteiger charge is -2.11. The van der Waals surface area contributed by atoms with Crippen LogP contribution in [0.5, 0.6) is 0 Å². The molecule has 8 heteroatoms. The summed E-state index contributed by atoms with van der Waals surface area (Å²) in [6.45, 7) is 5.82. The Labute approximate surface area is 180 Å². The first kappa shape index (κ1) is 23.2. The maximum atomic E-state index is 12.8. The molecule has 2 rings (SSSR count). The van der Waals surface area contributed by atoms with E-state index in [4.69, 9.17) is 0 Å². The van der Waals surface area contributed by atoms with Crippen molar-refractivity contribution in [2.24, 2.45) is 4.99 Å². The van der Waals surface area contributed by atoms with Crippen molar-refractivity contribution in [3.63, 3.8) is 0 Å². The lowest BCUT2D eigenvalue weighted by molar-refractivity contribution is 0.626. The van der Waals surface area contributed by atoms with Gasteiger partial charge in [-0.2, -0.15) is 0 Å². The molecule has 0 aliphatic heterocycles. The minimum Gasteiger partial charge on any atom is -0.356 e. The van der Waals surface area contributed by atoms with Crippen molar-refractivity contribution in [3.05, 3.63) is 45.7 Å². The van der Waals surface area contributed by atoms with E-state index in [2.05, 4.69) is 27.5 Å². The quantitative estimate of drug-likeness (QED) is 0.183. The molecule has 144 valence electrons. The Hall–Kier alpha value is -0.870. The fourth-order valence-corrected chi connectivity index (χ4v) is 3.94. The molecule has 0 aliphatic rings. The highest BCUT2D eigenvalue weighted by atomic mass is 127. The van der Waals surface area contributed by atoms with E-state index in [0.717, 1.165) is 53.2 Å². The number of hydrogen-bond acceptors (Lipinski definition) is 4. The zero-order chi connectivity index (χ0) is 18.1. The third-order valence-electron chi connectivity index (χ3n) is 3.62. The van der Waals surface area contributed by atoms with Gasteiger partial charge >= 0.3 is 0 Å². The van der Waals surface area contributed by atoms with Crippen LogP contribution in [0.2, 0.25) is 0 Å². The van der Waals surface area contributed by atoms with Crippen molar-refractivity contribution in [2.75, 3.05) is 25.9 Å². The van der Waals surface area contributed by atoms with Crippen LogP contribution in [0.15, 0.2) is 34.2 Å². The van der Waals surface area contributed by atoms with Gasteiger partial charge in [-0.15, -0.1) is 47.1 Å². The summed E-state index contributed by atoms with van der Waals surface area (Å²) in [5.41, 5.74) is 1.13. The first-order chi connectivity index (χ1) is 12.1. The van der Waals surface area contributed by atoms with Crippen LogP contribution in [0, 0.1) is 19.7 Å². The summed E-state index contributed by atoms with van der Waals surface area (Å²) in [5.74, 6) is 1.61. The van der Waals surface area contributed by atoms with Gasteiger partial charge in [0.2, 0.25) is 0 Å². The predicted octanol–water partition coefficient (Wildman–Crippen LogP) is 4.41. The maximum Gasteiger partial charge on any atom is 0.190 e. The fourth-order valence-electron chi connectivity index (χ4n) is 2.15. The van der Waals surface area contributed by atoms with E-state index in [1.807, 2.05) is 19.1 Å². The summed E-state index contributed by atoms with van der Waals surface area (Å²) in [5, 5.41) is 7.80. The summed E-state index contributed by atoms with van der Waals surface area (Å²) in [7, 11) is 1.78. The number of guanidine groups is 1. The van der Waals surface area contributed by atoms with E-state index < -0.39 is 0 Å². The number of aryl methyl sites for hydroxylation is 2. The van der Waals surface area contributed by atoms with E-state index in [-0.39, 0.29) is 29.8 Å². The number of aromatic nitrogens is 1. The van der Waals surface area contributed by atoms with Gasteiger partial charge in [0.15, 0.2) is 5.96 Å². The second-order valence-corrected chi connectivity index (χ2v) is 8.04. The molecular weight excluding hydrogens is 482 g/mol. The number of nitrogens with zero attached hydrogens (tertiary/aromatic N) is 2. The van der Waals surface area contributed by atoms with Crippen molar-refractivity contribution in [1.29, 1.82) is 0 Å². The zero-order valence-electron chi connectivity index (χ0n) is 15.3. The van der Waals surface area contributed by atoms with Gasteiger partial charge in [-0.1, -0.05) is 0 Å². The molecule has 26 heavy (non-hydrogen) atoms. The average Bonchev–Trinajstić information content (AvgIpc) is 2.92. The molecule has 0 atom stereocenters. The molecule has 2 aromatic rings. The number of rotatable bonds is 8. The second kappa shape index (κ2) is 12.5. The van der Waals surface area contributed by atoms with Gasteiger partial charge < -0.3 is 10.6 Å². The molecule has 4 nitrogen and oxygen atoms in total. The van der Waals surface area contributed by atoms with E-state index in [9.17, 15) is 4.39 Å². The Morgan fingerprint density at radius 3 is 2.50 bits per heavy atom. The number of thiazole rings is 1. The standard InChI is InChI=1S/C18H25FN4S2.HI/c1-13-14(2)25-17(23-13)9-11-22-18(20-3)21-10-4-12-24-16-7-5-15(19)6-8-16;/h5-8H,4,9-12H2,1-3H3,(H2,20,21,22);1H. The van der Waals surface area contributed by atoms with Crippen LogP contribution in [0.25, 0.3) is 0 Å². The molecule has 1 aromatic carbocycles. The fraction of sp³-hybridized carbons (Fsp3) is 0.444. The summed E-state index contributed by atoms with van der Waals surface area (Å²) in [6.07, 6.45) is 1.91. The second-order valence-electron chi connectivity index (χ2n) is 5.58. The average molecular weight is 508 g/mol. The lowest BCUT2D eigenvalue weighted by Crippen LogP contribution is -2.38. The Morgan fingerprint density at radius 1 is 1.19 bits per heavy atom. The molecule has 0 saturated heterocycles. The molecule has 0 radical (unpaired) electrons. The third kappa shape index (κ3) is 8.22. The number of halogens is 2. The topological polar surface area (TPSA) is 49.3 Å². The smallest absolute Gasteiger partial charge is 0.190 e. The number of hydrogen-bond donors (Lipinski definition) is 2. The van der Waals surface area contributed by atoms with Crippen LogP contribution < -0.4 is 10.6 Å². The monoisotopic (exact) mass is 508 g/mol. The van der Waals surface area contributed by atoms with Crippen molar-refractivity contribution in [1.82, 2.24) is 15.6 Å². The van der Waals surface area contributed by atoms with Crippen molar-refractivity contribution >= 4 is 53.0 Å². The molecule has 0 fully saturated rings. The van der Waals surface area contributed by atoms with Gasteiger partial charge in [0, 0.05) is 36.3 Å². The van der Waals surface area contributed by atoms with Gasteiger partial charge in [0.25, 0.3) is 0 Å². The molecule has 0 amide bonds. The molecule has 0 aliphatic carbocycles. The number of nitrogens with one attached hydrogen (secondary N) is 2. The number of aliphatic imine (C=N–C) groups is 1. The van der Waals surface area contributed by atoms with Crippen LogP contribution >= 0.6 is 47.1 Å². The van der Waals surface area contributed by atoms with Crippen LogP contribution in [0.4, 0.5) is 4.39 Å². The van der Waals surface area contributed by atoms with Gasteiger partial charge in [0.1, 0.15) is 5.82 Å². The highest BCUT2D eigenvalue weighted by Gasteiger charge is 2.04. The molecule has 2 N–H and O–H groups in total. The van der Waals surface area contributed by atoms with Crippen molar-refractivity contribution in [2.45, 2.75) is 31.6 Å². The Bertz CT molecular complexity index is 669. The van der Waals surface area contributed by atoms with E-state index in [1.165, 1.54) is 17.0 Å². The van der Waals surface area contributed by atoms with Crippen LogP contribution in [-0.2, 0) is 6.42 Å². The predicted molar refractivity (Wildman–Crippen MR) is 122 cm³/mol. The molecule has 1 aromatic heterocycles. The normalized spacial score (nSPS) is 11.2. The molecule has 1 heterocycles. The molecular formula is C18H26FIN4S2. The van der Waals surface area contributed by atoms with E-state index >= 15 is 0 Å². The summed E-state index contributed by atoms with van der Waals surface area (Å²) in [4.78, 5) is 11.2. The zero-order valence-corrected chi connectivity index (χ0v) is 19.3. The van der Waals surface area contributed by atoms with Gasteiger partial charge in [0.05, 0.1) is 10.7 Å². The van der Waals surface area contributed by atoms with Crippen molar-refractivity contribution < 1.29 is 4.39 Å². The third-order valence-corrected chi connectivity index (χ3v) is 5.85. The summed E-state index contributed by atoms with van der Waals surface area (Å²) >= 11 is 3.49. The van der Waals surface area contributed by atoms with Crippen LogP contribution in [0.3, 0.4) is 0 Å². The molecule has 0 unspecified atom stereocenters. The molecule has 0 saturated carbocycles. The highest BCUT2D eigenvalue weighted by Crippen LogP contribution is 2.18. The maximum absolute atomic E-state index is 12.8. The van der Waals surface area contributed by atoms with Crippen LogP contribution in [0.1, 0.15) is 22.0 Å². The Balaban J connectivity index is 0.00000338. The lowest BCUT2D eigenvalue weighted by atomic mass is 10.4. The minimum atomic E-state index is -0.191. The Kier molecular flexibility index (Phi) is 11.1. The highest BCUT2D eigenvalue weighted by molar-refractivity contribution is 14.0. The SMILES string of the molecule is CN=C(NCCCSc1ccc(F)cc1)NCCc1nc(C)c(C)s1.I. The summed E-state index contributed by atoms with van der Waals surface area (Å²) in [6, 6.07) is 6.63. The van der Waals surface area contributed by atoms with Crippen molar-refractivity contribution in [3.8, 4) is 0 Å². The van der Waals surface area contributed by atoms with Crippen LogP contribution in [-0.4, -0.2) is 36.8 Å². The first-order valence-corrected chi connectivity index (χ1v) is 10.1. The molecule has 0 spiro atoms. The Morgan fingerprint density at radius 2 is 1.88 bits per heavy atom. The van der Waals surface area contributed by atoms with E-state index in [0.29, 0.717) is 0 Å². The summed E-state index contributed by atoms with van der Waals surface area (Å²) < 4.78 is 12.8. The van der Waals surface area contributed by atoms with E-state index in [1.54, 1.807) is 30.1 Å². The molecule has 0 bridgehead atoms.